The van der Waals surface area contributed by atoms with Crippen molar-refractivity contribution in [3.63, 3.8) is 0 Å². The summed E-state index contributed by atoms with van der Waals surface area (Å²) in [5.41, 5.74) is 0.845. The molecule has 2 atom stereocenters. The molecule has 3 rings (SSSR count). The van der Waals surface area contributed by atoms with E-state index in [-0.39, 0.29) is 5.75 Å². The number of imidazole rings is 1. The summed E-state index contributed by atoms with van der Waals surface area (Å²) in [5, 5.41) is 20.4. The normalized spacial score (nSPS) is 25.7. The fourth-order valence-corrected chi connectivity index (χ4v) is 7.38. The molecule has 2 heterocycles. The van der Waals surface area contributed by atoms with Gasteiger partial charge in [-0.2, -0.15) is 0 Å². The Labute approximate surface area is 133 Å². The van der Waals surface area contributed by atoms with Crippen molar-refractivity contribution in [3.05, 3.63) is 42.0 Å². The predicted octanol–water partition coefficient (Wildman–Crippen LogP) is 2.77. The molecule has 1 aliphatic rings. The van der Waals surface area contributed by atoms with Crippen LogP contribution in [0, 0.1) is 0 Å². The highest BCUT2D eigenvalue weighted by Gasteiger charge is 2.47. The summed E-state index contributed by atoms with van der Waals surface area (Å²) in [6.07, 6.45) is 2.82. The van der Waals surface area contributed by atoms with Crippen molar-refractivity contribution in [1.29, 1.82) is 0 Å². The number of phenolic OH excluding ortho intramolecular Hbond substituents is 1. The summed E-state index contributed by atoms with van der Waals surface area (Å²) in [6.45, 7) is 0. The lowest BCUT2D eigenvalue weighted by molar-refractivity contribution is 0.164. The van der Waals surface area contributed by atoms with Gasteiger partial charge >= 0.3 is 0 Å². The molecule has 21 heavy (non-hydrogen) atoms. The molecule has 0 amide bonds. The average Bonchev–Trinajstić information content (AvgIpc) is 3.03. The molecule has 0 bridgehead atoms. The second-order valence-corrected chi connectivity index (χ2v) is 8.87. The molecule has 112 valence electrons. The van der Waals surface area contributed by atoms with Crippen molar-refractivity contribution in [2.45, 2.75) is 10.9 Å². The number of aromatic amines is 1. The molecule has 1 aliphatic heterocycles. The summed E-state index contributed by atoms with van der Waals surface area (Å²) < 4.78 is 4.48. The first-order valence-corrected chi connectivity index (χ1v) is 9.86. The zero-order valence-corrected chi connectivity index (χ0v) is 13.6. The Balaban J connectivity index is 2.16. The van der Waals surface area contributed by atoms with Gasteiger partial charge in [0.1, 0.15) is 10.6 Å². The van der Waals surface area contributed by atoms with Crippen LogP contribution in [0.3, 0.4) is 0 Å². The largest absolute Gasteiger partial charge is 0.504 e. The molecule has 0 spiro atoms. The van der Waals surface area contributed by atoms with E-state index in [1.807, 2.05) is 0 Å². The second-order valence-electron chi connectivity index (χ2n) is 4.51. The van der Waals surface area contributed by atoms with Gasteiger partial charge in [-0.05, 0) is 27.5 Å². The summed E-state index contributed by atoms with van der Waals surface area (Å²) in [4.78, 5) is 7.47. The monoisotopic (exact) mass is 342 g/mol. The molecule has 5 nitrogen and oxygen atoms in total. The van der Waals surface area contributed by atoms with E-state index in [0.29, 0.717) is 17.3 Å². The lowest BCUT2D eigenvalue weighted by Crippen LogP contribution is -2.41. The predicted molar refractivity (Wildman–Crippen MR) is 87.7 cm³/mol. The minimum absolute atomic E-state index is 0.0770. The molecule has 1 aromatic carbocycles. The summed E-state index contributed by atoms with van der Waals surface area (Å²) in [6, 6.07) is 5.14. The van der Waals surface area contributed by atoms with Crippen molar-refractivity contribution in [2.75, 3.05) is 12.9 Å². The Morgan fingerprint density at radius 1 is 1.48 bits per heavy atom. The molecule has 1 aromatic heterocycles. The van der Waals surface area contributed by atoms with Crippen molar-refractivity contribution in [2.24, 2.45) is 0 Å². The summed E-state index contributed by atoms with van der Waals surface area (Å²) >= 11 is 0. The number of H-pyrrole nitrogens is 1. The van der Waals surface area contributed by atoms with E-state index >= 15 is 0 Å². The number of rotatable bonds is 3. The smallest absolute Gasteiger partial charge is 0.160 e. The lowest BCUT2D eigenvalue weighted by atomic mass is 9.91. The number of hydrogen-bond acceptors (Lipinski definition) is 7. The minimum Gasteiger partial charge on any atom is -0.504 e. The van der Waals surface area contributed by atoms with Gasteiger partial charge in [0, 0.05) is 18.1 Å². The maximum absolute atomic E-state index is 10.7. The first-order valence-electron chi connectivity index (χ1n) is 6.21. The van der Waals surface area contributed by atoms with Crippen LogP contribution in [0.5, 0.6) is 11.5 Å². The Morgan fingerprint density at radius 2 is 2.33 bits per heavy atom. The fraction of sp³-hybridized carbons (Fsp3) is 0.308. The molecule has 8 heteroatoms. The Bertz CT molecular complexity index is 623. The number of benzene rings is 1. The van der Waals surface area contributed by atoms with Gasteiger partial charge in [0.15, 0.2) is 11.5 Å². The Kier molecular flexibility index (Phi) is 4.30. The van der Waals surface area contributed by atoms with Gasteiger partial charge < -0.3 is 19.9 Å². The number of aromatic hydroxyl groups is 1. The van der Waals surface area contributed by atoms with E-state index in [0.717, 1.165) is 5.56 Å². The number of aromatic nitrogens is 2. The Morgan fingerprint density at radius 3 is 3.00 bits per heavy atom. The quantitative estimate of drug-likeness (QED) is 0.740. The fourth-order valence-electron chi connectivity index (χ4n) is 2.29. The zero-order chi connectivity index (χ0) is 14.9. The number of nitrogens with one attached hydrogen (secondary N) is 1. The lowest BCUT2D eigenvalue weighted by Gasteiger charge is -2.38. The van der Waals surface area contributed by atoms with Crippen molar-refractivity contribution in [1.82, 2.24) is 9.97 Å². The van der Waals surface area contributed by atoms with Gasteiger partial charge in [-0.1, -0.05) is 27.7 Å². The Hall–Kier alpha value is -0.960. The number of methoxy groups -OCH3 is 1. The van der Waals surface area contributed by atoms with Crippen molar-refractivity contribution in [3.8, 4) is 11.5 Å². The van der Waals surface area contributed by atoms with Crippen molar-refractivity contribution < 1.29 is 14.9 Å². The molecule has 2 aromatic rings. The molecule has 0 saturated carbocycles. The van der Waals surface area contributed by atoms with E-state index in [2.05, 4.69) is 9.97 Å². The summed E-state index contributed by atoms with van der Waals surface area (Å²) in [5.74, 6) is 1.75. The average molecular weight is 342 g/mol. The molecular formula is C13H14N2O3S3. The SMILES string of the molecule is COc1cc([C@@]2(c3ncc[nH]3)SSSC[C@H]2O)ccc1O. The molecular weight excluding hydrogens is 328 g/mol. The van der Waals surface area contributed by atoms with Gasteiger partial charge in [-0.25, -0.2) is 4.98 Å². The third-order valence-corrected chi connectivity index (χ3v) is 8.12. The van der Waals surface area contributed by atoms with E-state index in [4.69, 9.17) is 4.74 Å². The molecule has 0 unspecified atom stereocenters. The maximum Gasteiger partial charge on any atom is 0.160 e. The van der Waals surface area contributed by atoms with Crippen LogP contribution in [0.1, 0.15) is 11.4 Å². The molecule has 1 fully saturated rings. The van der Waals surface area contributed by atoms with Crippen LogP contribution in [-0.4, -0.2) is 39.1 Å². The van der Waals surface area contributed by atoms with E-state index in [1.165, 1.54) is 7.11 Å². The van der Waals surface area contributed by atoms with Crippen LogP contribution >= 0.6 is 31.4 Å². The van der Waals surface area contributed by atoms with Crippen LogP contribution in [0.2, 0.25) is 0 Å². The summed E-state index contributed by atoms with van der Waals surface area (Å²) in [7, 11) is 6.30. The number of hydrogen-bond donors (Lipinski definition) is 3. The highest BCUT2D eigenvalue weighted by atomic mass is 33.5. The number of ether oxygens (including phenoxy) is 1. The van der Waals surface area contributed by atoms with Crippen LogP contribution in [-0.2, 0) is 4.75 Å². The van der Waals surface area contributed by atoms with Crippen LogP contribution < -0.4 is 4.74 Å². The van der Waals surface area contributed by atoms with Gasteiger partial charge in [0.25, 0.3) is 0 Å². The zero-order valence-electron chi connectivity index (χ0n) is 11.1. The number of aliphatic hydroxyl groups excluding tert-OH is 1. The number of nitrogens with zero attached hydrogens (tertiary/aromatic N) is 1. The minimum atomic E-state index is -0.708. The van der Waals surface area contributed by atoms with Gasteiger partial charge in [-0.15, -0.1) is 0 Å². The van der Waals surface area contributed by atoms with Gasteiger partial charge in [-0.3, -0.25) is 0 Å². The molecule has 1 saturated heterocycles. The van der Waals surface area contributed by atoms with E-state index in [9.17, 15) is 10.2 Å². The molecule has 0 aliphatic carbocycles. The number of phenols is 1. The molecule has 3 N–H and O–H groups in total. The van der Waals surface area contributed by atoms with Gasteiger partial charge in [0.2, 0.25) is 0 Å². The third kappa shape index (κ3) is 2.50. The highest BCUT2D eigenvalue weighted by molar-refractivity contribution is 9.09. The first-order chi connectivity index (χ1) is 10.2. The molecule has 0 radical (unpaired) electrons. The first kappa shape index (κ1) is 15.0. The van der Waals surface area contributed by atoms with E-state index < -0.39 is 10.9 Å². The van der Waals surface area contributed by atoms with Crippen LogP contribution in [0.15, 0.2) is 30.6 Å². The highest BCUT2D eigenvalue weighted by Crippen LogP contribution is 2.58. The van der Waals surface area contributed by atoms with Crippen LogP contribution in [0.4, 0.5) is 0 Å². The van der Waals surface area contributed by atoms with Crippen molar-refractivity contribution >= 4 is 31.4 Å². The maximum atomic E-state index is 10.7. The van der Waals surface area contributed by atoms with E-state index in [1.54, 1.807) is 62.0 Å². The van der Waals surface area contributed by atoms with Crippen LogP contribution in [0.25, 0.3) is 0 Å². The second kappa shape index (κ2) is 6.04. The topological polar surface area (TPSA) is 78.4 Å². The van der Waals surface area contributed by atoms with Gasteiger partial charge in [0.05, 0.1) is 13.2 Å². The standard InChI is InChI=1S/C13H14N2O3S3/c1-18-10-6-8(2-3-9(10)16)13(12-14-4-5-15-12)11(17)7-19-21-20-13/h2-6,11,16-17H,7H2,1H3,(H,14,15)/t11-,13-/m1/s1. The third-order valence-electron chi connectivity index (χ3n) is 3.37. The number of aliphatic hydroxyl groups is 1.